The molecule has 5 nitrogen and oxygen atoms in total. The molecule has 0 radical (unpaired) electrons. The minimum Gasteiger partial charge on any atom is -0.356 e. The van der Waals surface area contributed by atoms with Crippen LogP contribution in [-0.4, -0.2) is 29.0 Å². The summed E-state index contributed by atoms with van der Waals surface area (Å²) in [7, 11) is 0. The second-order valence-electron chi connectivity index (χ2n) is 5.01. The number of carbonyl (C=O) groups excluding carboxylic acids is 1. The maximum Gasteiger partial charge on any atom is 0.262 e. The predicted octanol–water partition coefficient (Wildman–Crippen LogP) is 2.61. The first-order valence-electron chi connectivity index (χ1n) is 6.97. The number of carbonyl (C=O) groups is 1. The summed E-state index contributed by atoms with van der Waals surface area (Å²) in [6.45, 7) is 1.79. The van der Waals surface area contributed by atoms with Crippen molar-refractivity contribution in [3.63, 3.8) is 0 Å². The van der Waals surface area contributed by atoms with Crippen molar-refractivity contribution in [2.24, 2.45) is 0 Å². The van der Waals surface area contributed by atoms with Crippen LogP contribution in [0.15, 0.2) is 30.6 Å². The van der Waals surface area contributed by atoms with E-state index in [1.807, 2.05) is 0 Å². The molecule has 1 aliphatic rings. The van der Waals surface area contributed by atoms with E-state index in [1.165, 1.54) is 12.4 Å². The molecule has 0 saturated carbocycles. The summed E-state index contributed by atoms with van der Waals surface area (Å²) in [5.41, 5.74) is -0.621. The first-order valence-corrected chi connectivity index (χ1v) is 6.97. The molecule has 0 aliphatic carbocycles. The van der Waals surface area contributed by atoms with Crippen LogP contribution in [0.3, 0.4) is 0 Å². The molecule has 7 heteroatoms. The van der Waals surface area contributed by atoms with Crippen LogP contribution < -0.4 is 10.2 Å². The van der Waals surface area contributed by atoms with Gasteiger partial charge in [-0.3, -0.25) is 4.79 Å². The van der Waals surface area contributed by atoms with Crippen molar-refractivity contribution in [2.75, 3.05) is 23.3 Å². The lowest BCUT2D eigenvalue weighted by Crippen LogP contribution is -2.20. The second kappa shape index (κ2) is 6.05. The van der Waals surface area contributed by atoms with E-state index in [1.54, 1.807) is 6.07 Å². The largest absolute Gasteiger partial charge is 0.356 e. The molecule has 1 saturated heterocycles. The standard InChI is InChI=1S/C15H14F2N4O/c16-10-4-3-5-11(17)14(10)15(22)20-12-8-13(19-9-18-12)21-6-1-2-7-21/h3-5,8-9H,1-2,6-7H2,(H,18,19,20,22). The molecule has 114 valence electrons. The Morgan fingerprint density at radius 1 is 1.14 bits per heavy atom. The zero-order chi connectivity index (χ0) is 15.5. The maximum atomic E-state index is 13.6. The number of hydrogen-bond donors (Lipinski definition) is 1. The van der Waals surface area contributed by atoms with E-state index in [4.69, 9.17) is 0 Å². The number of rotatable bonds is 3. The molecule has 1 aliphatic heterocycles. The van der Waals surface area contributed by atoms with E-state index in [-0.39, 0.29) is 5.82 Å². The zero-order valence-electron chi connectivity index (χ0n) is 11.7. The third-order valence-corrected chi connectivity index (χ3v) is 3.51. The number of amides is 1. The molecule has 22 heavy (non-hydrogen) atoms. The Kier molecular flexibility index (Phi) is 3.95. The highest BCUT2D eigenvalue weighted by atomic mass is 19.1. The van der Waals surface area contributed by atoms with Gasteiger partial charge in [0.1, 0.15) is 35.2 Å². The van der Waals surface area contributed by atoms with Crippen molar-refractivity contribution in [3.8, 4) is 0 Å². The highest BCUT2D eigenvalue weighted by Crippen LogP contribution is 2.20. The highest BCUT2D eigenvalue weighted by Gasteiger charge is 2.19. The Labute approximate surface area is 126 Å². The normalized spacial score (nSPS) is 14.2. The minimum atomic E-state index is -0.911. The van der Waals surface area contributed by atoms with Gasteiger partial charge in [-0.2, -0.15) is 0 Å². The van der Waals surface area contributed by atoms with Crippen LogP contribution in [0.5, 0.6) is 0 Å². The maximum absolute atomic E-state index is 13.6. The van der Waals surface area contributed by atoms with E-state index in [9.17, 15) is 13.6 Å². The van der Waals surface area contributed by atoms with Crippen LogP contribution in [0.25, 0.3) is 0 Å². The second-order valence-corrected chi connectivity index (χ2v) is 5.01. The molecule has 1 N–H and O–H groups in total. The van der Waals surface area contributed by atoms with E-state index >= 15 is 0 Å². The molecule has 2 heterocycles. The lowest BCUT2D eigenvalue weighted by atomic mass is 10.2. The van der Waals surface area contributed by atoms with Crippen molar-refractivity contribution in [1.29, 1.82) is 0 Å². The molecule has 1 amide bonds. The Bertz CT molecular complexity index is 681. The predicted molar refractivity (Wildman–Crippen MR) is 77.8 cm³/mol. The van der Waals surface area contributed by atoms with Crippen LogP contribution in [0.4, 0.5) is 20.4 Å². The van der Waals surface area contributed by atoms with E-state index < -0.39 is 23.1 Å². The molecule has 0 spiro atoms. The molecule has 3 rings (SSSR count). The first kappa shape index (κ1) is 14.4. The molecular weight excluding hydrogens is 290 g/mol. The van der Waals surface area contributed by atoms with Crippen LogP contribution >= 0.6 is 0 Å². The molecule has 0 unspecified atom stereocenters. The molecule has 0 bridgehead atoms. The van der Waals surface area contributed by atoms with Gasteiger partial charge in [0.25, 0.3) is 5.91 Å². The van der Waals surface area contributed by atoms with Crippen molar-refractivity contribution in [1.82, 2.24) is 9.97 Å². The number of anilines is 2. The van der Waals surface area contributed by atoms with Crippen LogP contribution in [0, 0.1) is 11.6 Å². The van der Waals surface area contributed by atoms with Crippen LogP contribution in [-0.2, 0) is 0 Å². The molecular formula is C15H14F2N4O. The van der Waals surface area contributed by atoms with Gasteiger partial charge >= 0.3 is 0 Å². The Balaban J connectivity index is 1.81. The van der Waals surface area contributed by atoms with Gasteiger partial charge in [0.2, 0.25) is 0 Å². The molecule has 1 aromatic carbocycles. The number of benzene rings is 1. The van der Waals surface area contributed by atoms with Crippen molar-refractivity contribution in [2.45, 2.75) is 12.8 Å². The molecule has 1 fully saturated rings. The summed E-state index contributed by atoms with van der Waals surface area (Å²) in [6, 6.07) is 4.88. The number of nitrogens with one attached hydrogen (secondary N) is 1. The first-order chi connectivity index (χ1) is 10.6. The summed E-state index contributed by atoms with van der Waals surface area (Å²) in [4.78, 5) is 22.2. The SMILES string of the molecule is O=C(Nc1cc(N2CCCC2)ncn1)c1c(F)cccc1F. The third-order valence-electron chi connectivity index (χ3n) is 3.51. The van der Waals surface area contributed by atoms with Crippen LogP contribution in [0.1, 0.15) is 23.2 Å². The fourth-order valence-electron chi connectivity index (χ4n) is 2.43. The summed E-state index contributed by atoms with van der Waals surface area (Å²) < 4.78 is 27.2. The van der Waals surface area contributed by atoms with Gasteiger partial charge in [-0.25, -0.2) is 18.7 Å². The van der Waals surface area contributed by atoms with E-state index in [0.29, 0.717) is 5.82 Å². The van der Waals surface area contributed by atoms with Crippen molar-refractivity contribution < 1.29 is 13.6 Å². The van der Waals surface area contributed by atoms with Crippen molar-refractivity contribution in [3.05, 3.63) is 47.8 Å². The summed E-state index contributed by atoms with van der Waals surface area (Å²) >= 11 is 0. The number of hydrogen-bond acceptors (Lipinski definition) is 4. The molecule has 0 atom stereocenters. The van der Waals surface area contributed by atoms with Gasteiger partial charge in [-0.1, -0.05) is 6.07 Å². The summed E-state index contributed by atoms with van der Waals surface area (Å²) in [5, 5.41) is 2.41. The number of aromatic nitrogens is 2. The molecule has 2 aromatic rings. The smallest absolute Gasteiger partial charge is 0.262 e. The van der Waals surface area contributed by atoms with Gasteiger partial charge in [0.05, 0.1) is 0 Å². The number of nitrogens with zero attached hydrogens (tertiary/aromatic N) is 3. The summed E-state index contributed by atoms with van der Waals surface area (Å²) in [5.74, 6) is -1.79. The quantitative estimate of drug-likeness (QED) is 0.947. The fraction of sp³-hybridized carbons (Fsp3) is 0.267. The van der Waals surface area contributed by atoms with E-state index in [0.717, 1.165) is 38.1 Å². The van der Waals surface area contributed by atoms with Crippen molar-refractivity contribution >= 4 is 17.5 Å². The van der Waals surface area contributed by atoms with E-state index in [2.05, 4.69) is 20.2 Å². The van der Waals surface area contributed by atoms with Gasteiger partial charge in [-0.15, -0.1) is 0 Å². The molecule has 1 aromatic heterocycles. The zero-order valence-corrected chi connectivity index (χ0v) is 11.7. The Hall–Kier alpha value is -2.57. The average Bonchev–Trinajstić information content (AvgIpc) is 3.01. The Morgan fingerprint density at radius 3 is 2.50 bits per heavy atom. The average molecular weight is 304 g/mol. The number of halogens is 2. The highest BCUT2D eigenvalue weighted by molar-refractivity contribution is 6.04. The van der Waals surface area contributed by atoms with Gasteiger partial charge < -0.3 is 10.2 Å². The van der Waals surface area contributed by atoms with Crippen LogP contribution in [0.2, 0.25) is 0 Å². The topological polar surface area (TPSA) is 58.1 Å². The third kappa shape index (κ3) is 2.88. The lowest BCUT2D eigenvalue weighted by molar-refractivity contribution is 0.101. The van der Waals surface area contributed by atoms with Gasteiger partial charge in [-0.05, 0) is 25.0 Å². The minimum absolute atomic E-state index is 0.213. The van der Waals surface area contributed by atoms with Gasteiger partial charge in [0.15, 0.2) is 0 Å². The van der Waals surface area contributed by atoms with Gasteiger partial charge in [0, 0.05) is 19.2 Å². The summed E-state index contributed by atoms with van der Waals surface area (Å²) in [6.07, 6.45) is 3.50. The monoisotopic (exact) mass is 304 g/mol. The fourth-order valence-corrected chi connectivity index (χ4v) is 2.43. The lowest BCUT2D eigenvalue weighted by Gasteiger charge is -2.16. The Morgan fingerprint density at radius 2 is 1.82 bits per heavy atom.